The van der Waals surface area contributed by atoms with Crippen LogP contribution in [-0.4, -0.2) is 24.9 Å². The summed E-state index contributed by atoms with van der Waals surface area (Å²) in [6.45, 7) is 1.68. The largest absolute Gasteiger partial charge is 0.362 e. The van der Waals surface area contributed by atoms with Crippen molar-refractivity contribution in [2.24, 2.45) is 0 Å². The van der Waals surface area contributed by atoms with Gasteiger partial charge in [0.1, 0.15) is 0 Å². The number of aryl methyl sites for hydroxylation is 1. The molecule has 2 amide bonds. The Hall–Kier alpha value is -3.60. The van der Waals surface area contributed by atoms with Gasteiger partial charge in [-0.2, -0.15) is 0 Å². The second-order valence-corrected chi connectivity index (χ2v) is 7.45. The van der Waals surface area contributed by atoms with Gasteiger partial charge in [0, 0.05) is 30.0 Å². The molecule has 3 aromatic rings. The van der Waals surface area contributed by atoms with Crippen LogP contribution in [-0.2, 0) is 17.8 Å². The first-order valence-electron chi connectivity index (χ1n) is 10.2. The molecule has 1 aliphatic rings. The van der Waals surface area contributed by atoms with Crippen molar-refractivity contribution >= 4 is 23.2 Å². The van der Waals surface area contributed by atoms with Crippen molar-refractivity contribution in [3.8, 4) is 0 Å². The number of rotatable bonds is 6. The Balaban J connectivity index is 1.31. The molecule has 0 aliphatic carbocycles. The van der Waals surface area contributed by atoms with Crippen LogP contribution in [0.25, 0.3) is 0 Å². The molecule has 1 aliphatic heterocycles. The molecule has 0 saturated heterocycles. The predicted molar refractivity (Wildman–Crippen MR) is 120 cm³/mol. The third kappa shape index (κ3) is 4.87. The van der Waals surface area contributed by atoms with Gasteiger partial charge in [-0.25, -0.2) is 0 Å². The first-order valence-corrected chi connectivity index (χ1v) is 10.2. The van der Waals surface area contributed by atoms with Gasteiger partial charge in [0.2, 0.25) is 5.91 Å². The van der Waals surface area contributed by atoms with Gasteiger partial charge in [0.25, 0.3) is 5.91 Å². The molecule has 4 rings (SSSR count). The Morgan fingerprint density at radius 3 is 2.40 bits per heavy atom. The quantitative estimate of drug-likeness (QED) is 0.658. The molecular formula is C25H25N3O2. The molecule has 3 aromatic carbocycles. The molecule has 0 bridgehead atoms. The van der Waals surface area contributed by atoms with Crippen LogP contribution >= 0.6 is 0 Å². The smallest absolute Gasteiger partial charge is 0.251 e. The summed E-state index contributed by atoms with van der Waals surface area (Å²) in [7, 11) is 0. The molecule has 1 heterocycles. The van der Waals surface area contributed by atoms with Gasteiger partial charge in [-0.15, -0.1) is 0 Å². The molecule has 0 atom stereocenters. The van der Waals surface area contributed by atoms with E-state index in [9.17, 15) is 9.59 Å². The minimum atomic E-state index is -0.137. The number of benzene rings is 3. The Morgan fingerprint density at radius 1 is 0.867 bits per heavy atom. The van der Waals surface area contributed by atoms with Crippen LogP contribution in [0.1, 0.15) is 27.9 Å². The highest BCUT2D eigenvalue weighted by molar-refractivity contribution is 5.96. The third-order valence-electron chi connectivity index (χ3n) is 5.27. The predicted octanol–water partition coefficient (Wildman–Crippen LogP) is 4.01. The van der Waals surface area contributed by atoms with Crippen molar-refractivity contribution in [1.29, 1.82) is 0 Å². The van der Waals surface area contributed by atoms with Gasteiger partial charge >= 0.3 is 0 Å². The van der Waals surface area contributed by atoms with Crippen molar-refractivity contribution in [2.45, 2.75) is 19.4 Å². The fourth-order valence-corrected chi connectivity index (χ4v) is 3.73. The molecule has 0 aromatic heterocycles. The SMILES string of the molecule is O=C(CN1CCCc2ccccc21)Nc1ccc(C(=O)NCc2ccccc2)cc1. The number of nitrogens with zero attached hydrogens (tertiary/aromatic N) is 1. The van der Waals surface area contributed by atoms with E-state index in [2.05, 4.69) is 27.7 Å². The first-order chi connectivity index (χ1) is 14.7. The topological polar surface area (TPSA) is 61.4 Å². The maximum absolute atomic E-state index is 12.5. The summed E-state index contributed by atoms with van der Waals surface area (Å²) in [5, 5.41) is 5.84. The molecule has 30 heavy (non-hydrogen) atoms. The van der Waals surface area contributed by atoms with Gasteiger partial charge in [0.05, 0.1) is 6.54 Å². The summed E-state index contributed by atoms with van der Waals surface area (Å²) >= 11 is 0. The Bertz CT molecular complexity index is 1020. The van der Waals surface area contributed by atoms with E-state index in [-0.39, 0.29) is 11.8 Å². The van der Waals surface area contributed by atoms with Crippen LogP contribution in [0.15, 0.2) is 78.9 Å². The van der Waals surface area contributed by atoms with E-state index in [1.807, 2.05) is 42.5 Å². The molecule has 5 heteroatoms. The van der Waals surface area contributed by atoms with E-state index in [4.69, 9.17) is 0 Å². The molecule has 5 nitrogen and oxygen atoms in total. The number of anilines is 2. The molecule has 2 N–H and O–H groups in total. The lowest BCUT2D eigenvalue weighted by atomic mass is 10.0. The lowest BCUT2D eigenvalue weighted by Crippen LogP contribution is -2.36. The molecule has 0 unspecified atom stereocenters. The summed E-state index contributed by atoms with van der Waals surface area (Å²) < 4.78 is 0. The number of carbonyl (C=O) groups is 2. The van der Waals surface area contributed by atoms with E-state index in [1.165, 1.54) is 5.56 Å². The maximum atomic E-state index is 12.5. The highest BCUT2D eigenvalue weighted by Crippen LogP contribution is 2.26. The molecular weight excluding hydrogens is 374 g/mol. The Morgan fingerprint density at radius 2 is 1.60 bits per heavy atom. The summed E-state index contributed by atoms with van der Waals surface area (Å²) in [5.74, 6) is -0.199. The van der Waals surface area contributed by atoms with Gasteiger partial charge in [0.15, 0.2) is 0 Å². The average Bonchev–Trinajstić information content (AvgIpc) is 2.79. The van der Waals surface area contributed by atoms with E-state index in [1.54, 1.807) is 24.3 Å². The number of para-hydroxylation sites is 1. The third-order valence-corrected chi connectivity index (χ3v) is 5.27. The van der Waals surface area contributed by atoms with Crippen molar-refractivity contribution in [1.82, 2.24) is 5.32 Å². The monoisotopic (exact) mass is 399 g/mol. The highest BCUT2D eigenvalue weighted by atomic mass is 16.2. The number of amides is 2. The molecule has 0 spiro atoms. The van der Waals surface area contributed by atoms with Crippen LogP contribution in [0.2, 0.25) is 0 Å². The molecule has 0 radical (unpaired) electrons. The fraction of sp³-hybridized carbons (Fsp3) is 0.200. The summed E-state index contributed by atoms with van der Waals surface area (Å²) in [5.41, 5.74) is 4.74. The summed E-state index contributed by atoms with van der Waals surface area (Å²) in [6.07, 6.45) is 2.11. The van der Waals surface area contributed by atoms with Crippen molar-refractivity contribution < 1.29 is 9.59 Å². The standard InChI is InChI=1S/C25H25N3O2/c29-24(18-28-16-6-10-20-9-4-5-11-23(20)28)27-22-14-12-21(13-15-22)25(30)26-17-19-7-2-1-3-8-19/h1-5,7-9,11-15H,6,10,16-18H2,(H,26,30)(H,27,29). The van der Waals surface area contributed by atoms with Crippen LogP contribution in [0.4, 0.5) is 11.4 Å². The minimum absolute atomic E-state index is 0.0621. The highest BCUT2D eigenvalue weighted by Gasteiger charge is 2.18. The van der Waals surface area contributed by atoms with Gasteiger partial charge in [-0.1, -0.05) is 48.5 Å². The lowest BCUT2D eigenvalue weighted by molar-refractivity contribution is -0.115. The van der Waals surface area contributed by atoms with Crippen molar-refractivity contribution in [2.75, 3.05) is 23.3 Å². The number of fused-ring (bicyclic) bond motifs is 1. The molecule has 152 valence electrons. The fourth-order valence-electron chi connectivity index (χ4n) is 3.73. The zero-order valence-corrected chi connectivity index (χ0v) is 16.8. The van der Waals surface area contributed by atoms with E-state index in [0.717, 1.165) is 30.6 Å². The Kier molecular flexibility index (Phi) is 6.09. The second-order valence-electron chi connectivity index (χ2n) is 7.45. The first kappa shape index (κ1) is 19.7. The molecule has 0 saturated carbocycles. The van der Waals surface area contributed by atoms with Gasteiger partial charge < -0.3 is 15.5 Å². The normalized spacial score (nSPS) is 12.7. The zero-order valence-electron chi connectivity index (χ0n) is 16.8. The van der Waals surface area contributed by atoms with Gasteiger partial charge in [-0.05, 0) is 54.3 Å². The number of hydrogen-bond donors (Lipinski definition) is 2. The zero-order chi connectivity index (χ0) is 20.8. The summed E-state index contributed by atoms with van der Waals surface area (Å²) in [6, 6.07) is 25.0. The maximum Gasteiger partial charge on any atom is 0.251 e. The summed E-state index contributed by atoms with van der Waals surface area (Å²) in [4.78, 5) is 27.0. The van der Waals surface area contributed by atoms with Crippen LogP contribution in [0.3, 0.4) is 0 Å². The number of nitrogens with one attached hydrogen (secondary N) is 2. The Labute approximate surface area is 176 Å². The average molecular weight is 399 g/mol. The van der Waals surface area contributed by atoms with Crippen LogP contribution < -0.4 is 15.5 Å². The van der Waals surface area contributed by atoms with Crippen LogP contribution in [0.5, 0.6) is 0 Å². The second kappa shape index (κ2) is 9.27. The van der Waals surface area contributed by atoms with E-state index < -0.39 is 0 Å². The minimum Gasteiger partial charge on any atom is -0.362 e. The van der Waals surface area contributed by atoms with Crippen LogP contribution in [0, 0.1) is 0 Å². The van der Waals surface area contributed by atoms with E-state index in [0.29, 0.717) is 24.3 Å². The van der Waals surface area contributed by atoms with Gasteiger partial charge in [-0.3, -0.25) is 9.59 Å². The molecule has 0 fully saturated rings. The van der Waals surface area contributed by atoms with E-state index >= 15 is 0 Å². The number of carbonyl (C=O) groups excluding carboxylic acids is 2. The van der Waals surface area contributed by atoms with Crippen molar-refractivity contribution in [3.63, 3.8) is 0 Å². The number of hydrogen-bond acceptors (Lipinski definition) is 3. The van der Waals surface area contributed by atoms with Crippen molar-refractivity contribution in [3.05, 3.63) is 95.6 Å². The lowest BCUT2D eigenvalue weighted by Gasteiger charge is -2.30.